The zero-order valence-corrected chi connectivity index (χ0v) is 12.9. The van der Waals surface area contributed by atoms with E-state index in [2.05, 4.69) is 4.98 Å². The maximum Gasteiger partial charge on any atom is 0.338 e. The molecule has 4 heteroatoms. The van der Waals surface area contributed by atoms with Gasteiger partial charge < -0.3 is 9.47 Å². The molecular weight excluding hydrogens is 290 g/mol. The van der Waals surface area contributed by atoms with Crippen LogP contribution in [0.1, 0.15) is 23.0 Å². The van der Waals surface area contributed by atoms with Crippen molar-refractivity contribution in [2.45, 2.75) is 13.5 Å². The van der Waals surface area contributed by atoms with Crippen LogP contribution in [0.4, 0.5) is 0 Å². The van der Waals surface area contributed by atoms with Gasteiger partial charge in [0.15, 0.2) is 0 Å². The van der Waals surface area contributed by atoms with Gasteiger partial charge in [0, 0.05) is 5.39 Å². The number of rotatable bonds is 5. The maximum absolute atomic E-state index is 11.6. The predicted molar refractivity (Wildman–Crippen MR) is 88.5 cm³/mol. The highest BCUT2D eigenvalue weighted by molar-refractivity contribution is 5.89. The van der Waals surface area contributed by atoms with E-state index in [1.54, 1.807) is 31.2 Å². The lowest BCUT2D eigenvalue weighted by Crippen LogP contribution is -2.04. The van der Waals surface area contributed by atoms with Crippen molar-refractivity contribution < 1.29 is 14.3 Å². The molecule has 3 aromatic rings. The average molecular weight is 307 g/mol. The minimum atomic E-state index is -0.324. The fraction of sp³-hybridized carbons (Fsp3) is 0.158. The van der Waals surface area contributed by atoms with Gasteiger partial charge in [-0.2, -0.15) is 0 Å². The Labute approximate surface area is 134 Å². The van der Waals surface area contributed by atoms with Crippen LogP contribution in [0.3, 0.4) is 0 Å². The Morgan fingerprint density at radius 3 is 2.57 bits per heavy atom. The minimum absolute atomic E-state index is 0.324. The number of hydrogen-bond donors (Lipinski definition) is 0. The van der Waals surface area contributed by atoms with Crippen molar-refractivity contribution in [3.63, 3.8) is 0 Å². The first-order valence-corrected chi connectivity index (χ1v) is 7.51. The lowest BCUT2D eigenvalue weighted by atomic mass is 10.2. The number of aromatic nitrogens is 1. The number of carbonyl (C=O) groups excluding carboxylic acids is 1. The Balaban J connectivity index is 1.66. The van der Waals surface area contributed by atoms with Crippen molar-refractivity contribution in [3.05, 3.63) is 71.9 Å². The summed E-state index contributed by atoms with van der Waals surface area (Å²) in [6.07, 6.45) is 0. The van der Waals surface area contributed by atoms with E-state index in [0.29, 0.717) is 24.5 Å². The zero-order valence-electron chi connectivity index (χ0n) is 12.9. The van der Waals surface area contributed by atoms with E-state index < -0.39 is 0 Å². The van der Waals surface area contributed by atoms with Gasteiger partial charge in [-0.3, -0.25) is 0 Å². The zero-order chi connectivity index (χ0) is 16.1. The molecule has 0 aliphatic rings. The van der Waals surface area contributed by atoms with Crippen LogP contribution in [0.25, 0.3) is 10.9 Å². The molecule has 1 aromatic heterocycles. The van der Waals surface area contributed by atoms with E-state index in [0.717, 1.165) is 16.6 Å². The second kappa shape index (κ2) is 6.92. The largest absolute Gasteiger partial charge is 0.487 e. The summed E-state index contributed by atoms with van der Waals surface area (Å²) in [4.78, 5) is 16.1. The first-order valence-electron chi connectivity index (χ1n) is 7.51. The molecule has 0 aliphatic carbocycles. The summed E-state index contributed by atoms with van der Waals surface area (Å²) in [7, 11) is 0. The molecule has 2 aromatic carbocycles. The Bertz CT molecular complexity index is 812. The Morgan fingerprint density at radius 2 is 1.78 bits per heavy atom. The van der Waals surface area contributed by atoms with Crippen molar-refractivity contribution in [3.8, 4) is 5.75 Å². The van der Waals surface area contributed by atoms with Gasteiger partial charge in [0.05, 0.1) is 23.4 Å². The van der Waals surface area contributed by atoms with Crippen molar-refractivity contribution in [1.29, 1.82) is 0 Å². The van der Waals surface area contributed by atoms with Gasteiger partial charge in [-0.05, 0) is 43.3 Å². The number of esters is 1. The molecule has 0 saturated carbocycles. The third kappa shape index (κ3) is 3.66. The highest BCUT2D eigenvalue weighted by Crippen LogP contribution is 2.16. The summed E-state index contributed by atoms with van der Waals surface area (Å²) in [5.74, 6) is 0.364. The summed E-state index contributed by atoms with van der Waals surface area (Å²) in [5, 5.41) is 1.11. The van der Waals surface area contributed by atoms with Crippen molar-refractivity contribution in [1.82, 2.24) is 4.98 Å². The molecule has 3 rings (SSSR count). The number of carbonyl (C=O) groups is 1. The third-order valence-electron chi connectivity index (χ3n) is 3.41. The van der Waals surface area contributed by atoms with Gasteiger partial charge in [0.2, 0.25) is 0 Å². The minimum Gasteiger partial charge on any atom is -0.487 e. The first kappa shape index (κ1) is 15.0. The number of benzene rings is 2. The van der Waals surface area contributed by atoms with Crippen molar-refractivity contribution >= 4 is 16.9 Å². The van der Waals surface area contributed by atoms with Gasteiger partial charge in [-0.1, -0.05) is 24.3 Å². The van der Waals surface area contributed by atoms with E-state index in [1.165, 1.54) is 0 Å². The third-order valence-corrected chi connectivity index (χ3v) is 3.41. The standard InChI is InChI=1S/C19H17NO3/c1-2-22-19(21)15-8-11-17(12-9-15)23-13-16-10-7-14-5-3-4-6-18(14)20-16/h3-12H,2,13H2,1H3. The summed E-state index contributed by atoms with van der Waals surface area (Å²) < 4.78 is 10.7. The molecule has 0 bridgehead atoms. The van der Waals surface area contributed by atoms with Crippen LogP contribution in [0.15, 0.2) is 60.7 Å². The molecule has 0 aliphatic heterocycles. The van der Waals surface area contributed by atoms with Crippen LogP contribution in [-0.2, 0) is 11.3 Å². The average Bonchev–Trinajstić information content (AvgIpc) is 2.60. The molecule has 0 unspecified atom stereocenters. The summed E-state index contributed by atoms with van der Waals surface area (Å²) in [6.45, 7) is 2.53. The molecule has 0 atom stereocenters. The maximum atomic E-state index is 11.6. The van der Waals surface area contributed by atoms with Gasteiger partial charge in [0.25, 0.3) is 0 Å². The number of pyridine rings is 1. The number of ether oxygens (including phenoxy) is 2. The lowest BCUT2D eigenvalue weighted by Gasteiger charge is -2.07. The Kier molecular flexibility index (Phi) is 4.52. The second-order valence-corrected chi connectivity index (χ2v) is 5.03. The van der Waals surface area contributed by atoms with Gasteiger partial charge in [-0.25, -0.2) is 9.78 Å². The fourth-order valence-corrected chi connectivity index (χ4v) is 2.25. The Morgan fingerprint density at radius 1 is 1.00 bits per heavy atom. The molecule has 0 amide bonds. The van der Waals surface area contributed by atoms with Crippen LogP contribution in [0, 0.1) is 0 Å². The SMILES string of the molecule is CCOC(=O)c1ccc(OCc2ccc3ccccc3n2)cc1. The van der Waals surface area contributed by atoms with E-state index in [9.17, 15) is 4.79 Å². The normalized spacial score (nSPS) is 10.5. The number of nitrogens with zero attached hydrogens (tertiary/aromatic N) is 1. The predicted octanol–water partition coefficient (Wildman–Crippen LogP) is 3.99. The molecule has 116 valence electrons. The molecule has 23 heavy (non-hydrogen) atoms. The van der Waals surface area contributed by atoms with E-state index >= 15 is 0 Å². The van der Waals surface area contributed by atoms with E-state index in [1.807, 2.05) is 36.4 Å². The summed E-state index contributed by atoms with van der Waals surface area (Å²) in [6, 6.07) is 18.9. The number of hydrogen-bond acceptors (Lipinski definition) is 4. The van der Waals surface area contributed by atoms with Crippen LogP contribution in [0.5, 0.6) is 5.75 Å². The van der Waals surface area contributed by atoms with Gasteiger partial charge in [-0.15, -0.1) is 0 Å². The monoisotopic (exact) mass is 307 g/mol. The molecule has 4 nitrogen and oxygen atoms in total. The molecule has 0 N–H and O–H groups in total. The topological polar surface area (TPSA) is 48.4 Å². The summed E-state index contributed by atoms with van der Waals surface area (Å²) >= 11 is 0. The molecule has 0 fully saturated rings. The summed E-state index contributed by atoms with van der Waals surface area (Å²) in [5.41, 5.74) is 2.33. The second-order valence-electron chi connectivity index (χ2n) is 5.03. The number of fused-ring (bicyclic) bond motifs is 1. The molecule has 0 radical (unpaired) electrons. The van der Waals surface area contributed by atoms with Crippen LogP contribution >= 0.6 is 0 Å². The molecule has 1 heterocycles. The molecule has 0 spiro atoms. The lowest BCUT2D eigenvalue weighted by molar-refractivity contribution is 0.0526. The van der Waals surface area contributed by atoms with E-state index in [4.69, 9.17) is 9.47 Å². The van der Waals surface area contributed by atoms with Crippen LogP contribution in [-0.4, -0.2) is 17.6 Å². The quantitative estimate of drug-likeness (QED) is 0.669. The van der Waals surface area contributed by atoms with Crippen molar-refractivity contribution in [2.24, 2.45) is 0 Å². The van der Waals surface area contributed by atoms with Crippen LogP contribution in [0.2, 0.25) is 0 Å². The van der Waals surface area contributed by atoms with Crippen molar-refractivity contribution in [2.75, 3.05) is 6.61 Å². The van der Waals surface area contributed by atoms with E-state index in [-0.39, 0.29) is 5.97 Å². The van der Waals surface area contributed by atoms with Crippen LogP contribution < -0.4 is 4.74 Å². The Hall–Kier alpha value is -2.88. The molecular formula is C19H17NO3. The highest BCUT2D eigenvalue weighted by atomic mass is 16.5. The molecule has 0 saturated heterocycles. The first-order chi connectivity index (χ1) is 11.3. The van der Waals surface area contributed by atoms with Gasteiger partial charge in [0.1, 0.15) is 12.4 Å². The highest BCUT2D eigenvalue weighted by Gasteiger charge is 2.06. The number of para-hydroxylation sites is 1. The smallest absolute Gasteiger partial charge is 0.338 e. The fourth-order valence-electron chi connectivity index (χ4n) is 2.25. The van der Waals surface area contributed by atoms with Gasteiger partial charge >= 0.3 is 5.97 Å².